The average Bonchev–Trinajstić information content (AvgIpc) is 2.41. The number of halogens is 1. The van der Waals surface area contributed by atoms with Crippen LogP contribution in [0.5, 0.6) is 0 Å². The van der Waals surface area contributed by atoms with Crippen molar-refractivity contribution in [1.29, 1.82) is 0 Å². The largest absolute Gasteiger partial charge is 0.269 e. The van der Waals surface area contributed by atoms with Gasteiger partial charge >= 0.3 is 0 Å². The van der Waals surface area contributed by atoms with Crippen molar-refractivity contribution in [3.8, 4) is 0 Å². The van der Waals surface area contributed by atoms with Crippen LogP contribution in [0.15, 0.2) is 48.5 Å². The maximum atomic E-state index is 10.7. The van der Waals surface area contributed by atoms with Gasteiger partial charge in [0.15, 0.2) is 0 Å². The van der Waals surface area contributed by atoms with Crippen molar-refractivity contribution < 1.29 is 4.92 Å². The van der Waals surface area contributed by atoms with E-state index in [1.165, 1.54) is 5.56 Å². The van der Waals surface area contributed by atoms with Gasteiger partial charge in [0, 0.05) is 17.0 Å². The number of alkyl halides is 1. The third kappa shape index (κ3) is 3.41. The van der Waals surface area contributed by atoms with Gasteiger partial charge < -0.3 is 0 Å². The Morgan fingerprint density at radius 3 is 2.47 bits per heavy atom. The number of nitro groups is 1. The van der Waals surface area contributed by atoms with Crippen molar-refractivity contribution in [3.63, 3.8) is 0 Å². The molecule has 2 aromatic rings. The highest BCUT2D eigenvalue weighted by Crippen LogP contribution is 2.29. The van der Waals surface area contributed by atoms with Crippen LogP contribution in [0.1, 0.15) is 21.5 Å². The Kier molecular flexibility index (Phi) is 4.32. The number of nitro benzene ring substituents is 1. The molecule has 1 atom stereocenters. The molecular formula is C15H14BrNO2. The van der Waals surface area contributed by atoms with Crippen LogP contribution in [0.3, 0.4) is 0 Å². The second-order valence-corrected chi connectivity index (χ2v) is 5.56. The molecule has 0 aliphatic heterocycles. The summed E-state index contributed by atoms with van der Waals surface area (Å²) < 4.78 is 0. The lowest BCUT2D eigenvalue weighted by Gasteiger charge is -2.12. The maximum Gasteiger partial charge on any atom is 0.269 e. The topological polar surface area (TPSA) is 43.1 Å². The predicted octanol–water partition coefficient (Wildman–Crippen LogP) is 4.58. The summed E-state index contributed by atoms with van der Waals surface area (Å²) in [7, 11) is 0. The standard InChI is InChI=1S/C15H14BrNO2/c1-11-9-14(17(18)19)8-7-13(11)10-15(16)12-5-3-2-4-6-12/h2-9,15H,10H2,1H3. The number of benzene rings is 2. The summed E-state index contributed by atoms with van der Waals surface area (Å²) in [6, 6.07) is 15.2. The van der Waals surface area contributed by atoms with Crippen LogP contribution in [0.4, 0.5) is 5.69 Å². The fraction of sp³-hybridized carbons (Fsp3) is 0.200. The molecule has 0 radical (unpaired) electrons. The van der Waals surface area contributed by atoms with E-state index in [2.05, 4.69) is 28.1 Å². The second-order valence-electron chi connectivity index (χ2n) is 4.45. The Morgan fingerprint density at radius 1 is 1.21 bits per heavy atom. The summed E-state index contributed by atoms with van der Waals surface area (Å²) >= 11 is 3.67. The first kappa shape index (κ1) is 13.7. The third-order valence-electron chi connectivity index (χ3n) is 3.10. The van der Waals surface area contributed by atoms with Crippen LogP contribution in [0, 0.1) is 17.0 Å². The molecule has 0 bridgehead atoms. The predicted molar refractivity (Wildman–Crippen MR) is 79.6 cm³/mol. The molecule has 0 amide bonds. The van der Waals surface area contributed by atoms with Gasteiger partial charge in [-0.2, -0.15) is 0 Å². The zero-order valence-electron chi connectivity index (χ0n) is 10.5. The quantitative estimate of drug-likeness (QED) is 0.470. The molecule has 1 unspecified atom stereocenters. The lowest BCUT2D eigenvalue weighted by molar-refractivity contribution is -0.384. The molecule has 2 rings (SSSR count). The second kappa shape index (κ2) is 5.97. The van der Waals surface area contributed by atoms with Crippen LogP contribution in [0.2, 0.25) is 0 Å². The van der Waals surface area contributed by atoms with Gasteiger partial charge in [-0.3, -0.25) is 10.1 Å². The number of hydrogen-bond donors (Lipinski definition) is 0. The van der Waals surface area contributed by atoms with Gasteiger partial charge in [0.1, 0.15) is 0 Å². The van der Waals surface area contributed by atoms with Crippen LogP contribution in [-0.4, -0.2) is 4.92 Å². The van der Waals surface area contributed by atoms with Gasteiger partial charge in [-0.05, 0) is 30.0 Å². The Labute approximate surface area is 120 Å². The summed E-state index contributed by atoms with van der Waals surface area (Å²) in [6.45, 7) is 1.91. The van der Waals surface area contributed by atoms with E-state index in [-0.39, 0.29) is 15.4 Å². The van der Waals surface area contributed by atoms with Crippen molar-refractivity contribution in [2.45, 2.75) is 18.2 Å². The summed E-state index contributed by atoms with van der Waals surface area (Å²) in [6.07, 6.45) is 0.813. The van der Waals surface area contributed by atoms with Crippen LogP contribution >= 0.6 is 15.9 Å². The van der Waals surface area contributed by atoms with Crippen molar-refractivity contribution >= 4 is 21.6 Å². The molecule has 19 heavy (non-hydrogen) atoms. The molecule has 0 saturated carbocycles. The summed E-state index contributed by atoms with van der Waals surface area (Å²) in [5, 5.41) is 10.7. The highest BCUT2D eigenvalue weighted by molar-refractivity contribution is 9.09. The highest BCUT2D eigenvalue weighted by atomic mass is 79.9. The van der Waals surface area contributed by atoms with E-state index < -0.39 is 0 Å². The maximum absolute atomic E-state index is 10.7. The Morgan fingerprint density at radius 2 is 1.89 bits per heavy atom. The van der Waals surface area contributed by atoms with Crippen molar-refractivity contribution in [2.24, 2.45) is 0 Å². The Balaban J connectivity index is 2.18. The molecule has 0 aliphatic carbocycles. The first-order chi connectivity index (χ1) is 9.08. The number of rotatable bonds is 4. The molecule has 0 aliphatic rings. The van der Waals surface area contributed by atoms with Gasteiger partial charge in [0.2, 0.25) is 0 Å². The number of hydrogen-bond acceptors (Lipinski definition) is 2. The van der Waals surface area contributed by atoms with Gasteiger partial charge in [-0.15, -0.1) is 0 Å². The monoisotopic (exact) mass is 319 g/mol. The lowest BCUT2D eigenvalue weighted by Crippen LogP contribution is -1.98. The molecule has 0 heterocycles. The molecular weight excluding hydrogens is 306 g/mol. The Bertz CT molecular complexity index is 584. The first-order valence-corrected chi connectivity index (χ1v) is 6.92. The minimum atomic E-state index is -0.362. The summed E-state index contributed by atoms with van der Waals surface area (Å²) in [5.41, 5.74) is 3.43. The number of nitrogens with zero attached hydrogens (tertiary/aromatic N) is 1. The van der Waals surface area contributed by atoms with E-state index in [0.29, 0.717) is 0 Å². The normalized spacial score (nSPS) is 12.1. The fourth-order valence-electron chi connectivity index (χ4n) is 2.00. The van der Waals surface area contributed by atoms with Gasteiger partial charge in [-0.25, -0.2) is 0 Å². The van der Waals surface area contributed by atoms with Crippen molar-refractivity contribution in [3.05, 3.63) is 75.3 Å². The fourth-order valence-corrected chi connectivity index (χ4v) is 2.65. The van der Waals surface area contributed by atoms with Crippen LogP contribution < -0.4 is 0 Å². The molecule has 0 spiro atoms. The van der Waals surface area contributed by atoms with Crippen molar-refractivity contribution in [2.75, 3.05) is 0 Å². The molecule has 0 saturated heterocycles. The number of aryl methyl sites for hydroxylation is 1. The summed E-state index contributed by atoms with van der Waals surface area (Å²) in [5.74, 6) is 0. The van der Waals surface area contributed by atoms with E-state index in [4.69, 9.17) is 0 Å². The molecule has 4 heteroatoms. The van der Waals surface area contributed by atoms with E-state index in [1.807, 2.05) is 31.2 Å². The minimum Gasteiger partial charge on any atom is -0.258 e. The smallest absolute Gasteiger partial charge is 0.258 e. The average molecular weight is 320 g/mol. The third-order valence-corrected chi connectivity index (χ3v) is 3.95. The zero-order chi connectivity index (χ0) is 13.8. The van der Waals surface area contributed by atoms with Crippen LogP contribution in [-0.2, 0) is 6.42 Å². The van der Waals surface area contributed by atoms with E-state index >= 15 is 0 Å². The minimum absolute atomic E-state index is 0.145. The van der Waals surface area contributed by atoms with E-state index in [0.717, 1.165) is 17.5 Å². The molecule has 0 fully saturated rings. The van der Waals surface area contributed by atoms with E-state index in [1.54, 1.807) is 12.1 Å². The van der Waals surface area contributed by atoms with Gasteiger partial charge in [-0.1, -0.05) is 52.3 Å². The first-order valence-electron chi connectivity index (χ1n) is 6.01. The van der Waals surface area contributed by atoms with Crippen LogP contribution in [0.25, 0.3) is 0 Å². The SMILES string of the molecule is Cc1cc([N+](=O)[O-])ccc1CC(Br)c1ccccc1. The van der Waals surface area contributed by atoms with Crippen molar-refractivity contribution in [1.82, 2.24) is 0 Å². The number of non-ortho nitro benzene ring substituents is 1. The molecule has 0 N–H and O–H groups in total. The molecule has 0 aromatic heterocycles. The zero-order valence-corrected chi connectivity index (χ0v) is 12.1. The Hall–Kier alpha value is -1.68. The van der Waals surface area contributed by atoms with E-state index in [9.17, 15) is 10.1 Å². The highest BCUT2D eigenvalue weighted by Gasteiger charge is 2.12. The van der Waals surface area contributed by atoms with Gasteiger partial charge in [0.05, 0.1) is 4.92 Å². The van der Waals surface area contributed by atoms with Gasteiger partial charge in [0.25, 0.3) is 5.69 Å². The molecule has 3 nitrogen and oxygen atoms in total. The molecule has 2 aromatic carbocycles. The summed E-state index contributed by atoms with van der Waals surface area (Å²) in [4.78, 5) is 10.6. The lowest BCUT2D eigenvalue weighted by atomic mass is 10.00. The molecule has 98 valence electrons.